The highest BCUT2D eigenvalue weighted by molar-refractivity contribution is 7.98. The number of fused-ring (bicyclic) bond motifs is 1. The molecule has 0 aromatic rings. The van der Waals surface area contributed by atoms with Crippen LogP contribution in [0.3, 0.4) is 0 Å². The minimum atomic E-state index is -0.777. The summed E-state index contributed by atoms with van der Waals surface area (Å²) in [6, 6.07) is 0.227. The van der Waals surface area contributed by atoms with Crippen molar-refractivity contribution < 1.29 is 9.53 Å². The Morgan fingerprint density at radius 2 is 2.19 bits per heavy atom. The molecule has 0 bridgehead atoms. The lowest BCUT2D eigenvalue weighted by molar-refractivity contribution is -0.230. The Balaban J connectivity index is 2.13. The van der Waals surface area contributed by atoms with E-state index in [-0.39, 0.29) is 29.4 Å². The standard InChI is InChI=1S/C16H30N2O2S/c1-11(8-10-21-5)18(4)14(19)16(17)12-7-6-9-20-13(12)15(16,2)3/h11-13H,6-10,17H2,1-5H3. The first-order valence-corrected chi connectivity index (χ1v) is 9.34. The summed E-state index contributed by atoms with van der Waals surface area (Å²) < 4.78 is 5.89. The van der Waals surface area contributed by atoms with Gasteiger partial charge < -0.3 is 15.4 Å². The molecule has 2 aliphatic rings. The molecule has 5 heteroatoms. The van der Waals surface area contributed by atoms with Gasteiger partial charge in [-0.25, -0.2) is 0 Å². The molecule has 0 aromatic heterocycles. The fourth-order valence-electron chi connectivity index (χ4n) is 3.98. The zero-order valence-corrected chi connectivity index (χ0v) is 14.8. The summed E-state index contributed by atoms with van der Waals surface area (Å²) in [5.74, 6) is 1.33. The number of thioether (sulfide) groups is 1. The Bertz CT molecular complexity index is 402. The van der Waals surface area contributed by atoms with Gasteiger partial charge in [0, 0.05) is 31.0 Å². The van der Waals surface area contributed by atoms with Gasteiger partial charge in [-0.2, -0.15) is 11.8 Å². The van der Waals surface area contributed by atoms with Crippen LogP contribution >= 0.6 is 11.8 Å². The van der Waals surface area contributed by atoms with Crippen molar-refractivity contribution in [3.05, 3.63) is 0 Å². The molecule has 4 atom stereocenters. The summed E-state index contributed by atoms with van der Waals surface area (Å²) in [4.78, 5) is 14.9. The number of rotatable bonds is 5. The highest BCUT2D eigenvalue weighted by Gasteiger charge is 2.70. The summed E-state index contributed by atoms with van der Waals surface area (Å²) >= 11 is 1.82. The summed E-state index contributed by atoms with van der Waals surface area (Å²) in [6.07, 6.45) is 5.25. The number of hydrogen-bond donors (Lipinski definition) is 1. The number of nitrogens with two attached hydrogens (primary N) is 1. The van der Waals surface area contributed by atoms with Crippen LogP contribution in [0.1, 0.15) is 40.0 Å². The second-order valence-corrected chi connectivity index (χ2v) is 8.16. The molecule has 0 aromatic carbocycles. The van der Waals surface area contributed by atoms with Gasteiger partial charge in [-0.3, -0.25) is 4.79 Å². The van der Waals surface area contributed by atoms with Crippen molar-refractivity contribution in [2.24, 2.45) is 17.1 Å². The third-order valence-corrected chi connectivity index (χ3v) is 6.40. The van der Waals surface area contributed by atoms with Gasteiger partial charge in [0.2, 0.25) is 5.91 Å². The number of nitrogens with zero attached hydrogens (tertiary/aromatic N) is 1. The van der Waals surface area contributed by atoms with Crippen molar-refractivity contribution in [3.63, 3.8) is 0 Å². The minimum Gasteiger partial charge on any atom is -0.377 e. The van der Waals surface area contributed by atoms with Crippen LogP contribution in [0.15, 0.2) is 0 Å². The Morgan fingerprint density at radius 1 is 1.52 bits per heavy atom. The van der Waals surface area contributed by atoms with E-state index in [0.717, 1.165) is 31.6 Å². The predicted molar refractivity (Wildman–Crippen MR) is 88.4 cm³/mol. The molecule has 1 heterocycles. The third kappa shape index (κ3) is 2.51. The van der Waals surface area contributed by atoms with Crippen LogP contribution in [0.4, 0.5) is 0 Å². The number of carbonyl (C=O) groups is 1. The highest BCUT2D eigenvalue weighted by atomic mass is 32.2. The molecular weight excluding hydrogens is 284 g/mol. The monoisotopic (exact) mass is 314 g/mol. The summed E-state index contributed by atoms with van der Waals surface area (Å²) in [6.45, 7) is 7.07. The fraction of sp³-hybridized carbons (Fsp3) is 0.938. The number of likely N-dealkylation sites (N-methyl/N-ethyl adjacent to an activating group) is 1. The van der Waals surface area contributed by atoms with E-state index in [1.807, 2.05) is 23.7 Å². The maximum Gasteiger partial charge on any atom is 0.243 e. The molecular formula is C16H30N2O2S. The van der Waals surface area contributed by atoms with Crippen LogP contribution in [-0.2, 0) is 9.53 Å². The fourth-order valence-corrected chi connectivity index (χ4v) is 4.56. The van der Waals surface area contributed by atoms with Gasteiger partial charge in [0.05, 0.1) is 6.10 Å². The molecule has 1 amide bonds. The molecule has 4 nitrogen and oxygen atoms in total. The maximum absolute atomic E-state index is 13.1. The third-order valence-electron chi connectivity index (χ3n) is 5.76. The summed E-state index contributed by atoms with van der Waals surface area (Å²) in [7, 11) is 1.90. The molecule has 1 saturated heterocycles. The molecule has 2 rings (SSSR count). The average Bonchev–Trinajstić information content (AvgIpc) is 2.50. The average molecular weight is 314 g/mol. The molecule has 4 unspecified atom stereocenters. The number of ether oxygens (including phenoxy) is 1. The van der Waals surface area contributed by atoms with E-state index in [0.29, 0.717) is 0 Å². The van der Waals surface area contributed by atoms with Crippen molar-refractivity contribution in [1.82, 2.24) is 4.90 Å². The zero-order chi connectivity index (χ0) is 15.8. The van der Waals surface area contributed by atoms with Gasteiger partial charge in [0.1, 0.15) is 5.54 Å². The second-order valence-electron chi connectivity index (χ2n) is 7.18. The largest absolute Gasteiger partial charge is 0.377 e. The van der Waals surface area contributed by atoms with Crippen molar-refractivity contribution in [2.45, 2.75) is 57.7 Å². The number of hydrogen-bond acceptors (Lipinski definition) is 4. The normalized spacial score (nSPS) is 35.5. The van der Waals surface area contributed by atoms with Crippen molar-refractivity contribution >= 4 is 17.7 Å². The molecule has 2 fully saturated rings. The molecule has 1 saturated carbocycles. The molecule has 1 aliphatic heterocycles. The highest BCUT2D eigenvalue weighted by Crippen LogP contribution is 2.58. The molecule has 1 aliphatic carbocycles. The Morgan fingerprint density at radius 3 is 2.81 bits per heavy atom. The lowest BCUT2D eigenvalue weighted by atomic mass is 9.46. The molecule has 21 heavy (non-hydrogen) atoms. The van der Waals surface area contributed by atoms with Crippen LogP contribution in [-0.4, -0.2) is 54.2 Å². The molecule has 0 spiro atoms. The van der Waals surface area contributed by atoms with Crippen LogP contribution in [0, 0.1) is 11.3 Å². The van der Waals surface area contributed by atoms with Gasteiger partial charge in [-0.15, -0.1) is 0 Å². The second kappa shape index (κ2) is 6.09. The number of carbonyl (C=O) groups excluding carboxylic acids is 1. The Hall–Kier alpha value is -0.260. The van der Waals surface area contributed by atoms with Crippen LogP contribution in [0.5, 0.6) is 0 Å². The lowest BCUT2D eigenvalue weighted by Gasteiger charge is -2.65. The van der Waals surface area contributed by atoms with Crippen LogP contribution in [0.25, 0.3) is 0 Å². The van der Waals surface area contributed by atoms with E-state index in [1.54, 1.807) is 0 Å². The first-order chi connectivity index (χ1) is 9.78. The Kier molecular flexibility index (Phi) is 4.96. The van der Waals surface area contributed by atoms with E-state index in [9.17, 15) is 4.79 Å². The van der Waals surface area contributed by atoms with E-state index < -0.39 is 5.54 Å². The number of amides is 1. The van der Waals surface area contributed by atoms with Gasteiger partial charge >= 0.3 is 0 Å². The van der Waals surface area contributed by atoms with Gasteiger partial charge in [0.15, 0.2) is 0 Å². The molecule has 2 N–H and O–H groups in total. The van der Waals surface area contributed by atoms with E-state index >= 15 is 0 Å². The smallest absolute Gasteiger partial charge is 0.243 e. The van der Waals surface area contributed by atoms with E-state index in [4.69, 9.17) is 10.5 Å². The maximum atomic E-state index is 13.1. The van der Waals surface area contributed by atoms with Gasteiger partial charge in [0.25, 0.3) is 0 Å². The van der Waals surface area contributed by atoms with Crippen molar-refractivity contribution in [3.8, 4) is 0 Å². The quantitative estimate of drug-likeness (QED) is 0.844. The van der Waals surface area contributed by atoms with Gasteiger partial charge in [-0.1, -0.05) is 13.8 Å². The van der Waals surface area contributed by atoms with Crippen molar-refractivity contribution in [2.75, 3.05) is 25.7 Å². The Labute approximate surface area is 133 Å². The first kappa shape index (κ1) is 17.1. The van der Waals surface area contributed by atoms with E-state index in [1.165, 1.54) is 0 Å². The molecule has 122 valence electrons. The topological polar surface area (TPSA) is 55.6 Å². The molecule has 0 radical (unpaired) electrons. The van der Waals surface area contributed by atoms with Crippen LogP contribution < -0.4 is 5.73 Å². The predicted octanol–water partition coefficient (Wildman–Crippen LogP) is 2.12. The van der Waals surface area contributed by atoms with E-state index in [2.05, 4.69) is 27.0 Å². The van der Waals surface area contributed by atoms with Gasteiger partial charge in [-0.05, 0) is 38.2 Å². The van der Waals surface area contributed by atoms with Crippen molar-refractivity contribution in [1.29, 1.82) is 0 Å². The van der Waals surface area contributed by atoms with Crippen LogP contribution in [0.2, 0.25) is 0 Å². The summed E-state index contributed by atoms with van der Waals surface area (Å²) in [5.41, 5.74) is 5.60. The zero-order valence-electron chi connectivity index (χ0n) is 14.0. The minimum absolute atomic E-state index is 0.0906. The first-order valence-electron chi connectivity index (χ1n) is 7.95. The SMILES string of the molecule is CSCCC(C)N(C)C(=O)C1(N)C2CCCOC2C1(C)C. The lowest BCUT2D eigenvalue weighted by Crippen LogP contribution is -2.82. The summed E-state index contributed by atoms with van der Waals surface area (Å²) in [5, 5.41) is 0.